The molecule has 0 atom stereocenters. The van der Waals surface area contributed by atoms with E-state index in [0.29, 0.717) is 22.4 Å². The molecule has 0 aliphatic heterocycles. The molecule has 0 aliphatic rings. The summed E-state index contributed by atoms with van der Waals surface area (Å²) in [6.45, 7) is 0. The van der Waals surface area contributed by atoms with Gasteiger partial charge in [0, 0.05) is 40.5 Å². The second-order valence-electron chi connectivity index (χ2n) is 8.21. The largest absolute Gasteiger partial charge is 0.435 e. The molecule has 0 radical (unpaired) electrons. The van der Waals surface area contributed by atoms with E-state index in [-0.39, 0.29) is 28.3 Å². The highest BCUT2D eigenvalue weighted by molar-refractivity contribution is 9.10. The third kappa shape index (κ3) is 4.28. The lowest BCUT2D eigenvalue weighted by atomic mass is 10.1. The molecule has 9 nitrogen and oxygen atoms in total. The predicted molar refractivity (Wildman–Crippen MR) is 143 cm³/mol. The Morgan fingerprint density at radius 1 is 1.03 bits per heavy atom. The Labute approximate surface area is 222 Å². The molecule has 6 aromatic rings. The number of H-pyrrole nitrogens is 1. The Kier molecular flexibility index (Phi) is 5.89. The summed E-state index contributed by atoms with van der Waals surface area (Å²) in [6, 6.07) is 16.3. The van der Waals surface area contributed by atoms with Crippen molar-refractivity contribution in [1.82, 2.24) is 24.5 Å². The minimum Gasteiger partial charge on any atom is -0.435 e. The van der Waals surface area contributed by atoms with Gasteiger partial charge in [-0.15, -0.1) is 0 Å². The Hall–Kier alpha value is -4.90. The van der Waals surface area contributed by atoms with E-state index in [1.165, 1.54) is 24.7 Å². The number of pyridine rings is 2. The number of ether oxygens (including phenoxy) is 1. The van der Waals surface area contributed by atoms with Crippen molar-refractivity contribution in [3.63, 3.8) is 0 Å². The molecule has 2 N–H and O–H groups in total. The maximum absolute atomic E-state index is 14.9. The molecule has 6 rings (SSSR count). The first-order chi connectivity index (χ1) is 18.5. The van der Waals surface area contributed by atoms with Crippen LogP contribution in [-0.4, -0.2) is 30.4 Å². The molecule has 186 valence electrons. The minimum atomic E-state index is -0.722. The number of nitrogens with one attached hydrogen (secondary N) is 2. The van der Waals surface area contributed by atoms with Gasteiger partial charge in [-0.25, -0.2) is 19.3 Å². The van der Waals surface area contributed by atoms with Crippen LogP contribution >= 0.6 is 15.9 Å². The monoisotopic (exact) mass is 570 g/mol. The van der Waals surface area contributed by atoms with Crippen LogP contribution in [0.1, 0.15) is 10.4 Å². The second kappa shape index (κ2) is 9.52. The molecule has 4 aromatic heterocycles. The third-order valence-electron chi connectivity index (χ3n) is 5.83. The van der Waals surface area contributed by atoms with E-state index in [1.807, 2.05) is 24.3 Å². The van der Waals surface area contributed by atoms with Gasteiger partial charge < -0.3 is 19.6 Å². The van der Waals surface area contributed by atoms with E-state index in [2.05, 4.69) is 41.2 Å². The van der Waals surface area contributed by atoms with Crippen LogP contribution in [0.15, 0.2) is 94.8 Å². The van der Waals surface area contributed by atoms with Gasteiger partial charge in [-0.05, 0) is 54.6 Å². The first kappa shape index (κ1) is 23.5. The highest BCUT2D eigenvalue weighted by Gasteiger charge is 2.18. The molecule has 2 aromatic carbocycles. The van der Waals surface area contributed by atoms with Crippen LogP contribution in [0.5, 0.6) is 11.6 Å². The van der Waals surface area contributed by atoms with Crippen molar-refractivity contribution >= 4 is 49.6 Å². The molecule has 38 heavy (non-hydrogen) atoms. The van der Waals surface area contributed by atoms with E-state index >= 15 is 0 Å². The van der Waals surface area contributed by atoms with E-state index in [4.69, 9.17) is 4.74 Å². The van der Waals surface area contributed by atoms with Gasteiger partial charge in [-0.3, -0.25) is 9.59 Å². The standard InChI is InChI=1S/C27H16BrFN6O3/c28-15-3-6-17(7-4-15)35-13-20(23(36)18-2-1-10-31-25(18)35)26(37)34-16-5-8-22(21(29)12-16)38-27-19-9-11-30-24(19)32-14-33-27/h1-14H,(H,34,37)(H,30,32,33). The maximum atomic E-state index is 14.9. The molecular formula is C27H16BrFN6O3. The topological polar surface area (TPSA) is 115 Å². The number of aromatic nitrogens is 5. The van der Waals surface area contributed by atoms with Gasteiger partial charge >= 0.3 is 0 Å². The smallest absolute Gasteiger partial charge is 0.261 e. The maximum Gasteiger partial charge on any atom is 0.261 e. The van der Waals surface area contributed by atoms with Crippen molar-refractivity contribution in [2.75, 3.05) is 5.32 Å². The number of nitrogens with zero attached hydrogens (tertiary/aromatic N) is 4. The van der Waals surface area contributed by atoms with Crippen molar-refractivity contribution in [3.8, 4) is 17.3 Å². The number of rotatable bonds is 5. The Morgan fingerprint density at radius 3 is 2.68 bits per heavy atom. The zero-order valence-corrected chi connectivity index (χ0v) is 20.9. The van der Waals surface area contributed by atoms with Gasteiger partial charge in [0.15, 0.2) is 11.6 Å². The van der Waals surface area contributed by atoms with Crippen LogP contribution in [-0.2, 0) is 0 Å². The lowest BCUT2D eigenvalue weighted by molar-refractivity contribution is 0.102. The number of benzene rings is 2. The molecular weight excluding hydrogens is 555 g/mol. The number of carbonyl (C=O) groups excluding carboxylic acids is 1. The fourth-order valence-corrected chi connectivity index (χ4v) is 4.28. The van der Waals surface area contributed by atoms with E-state index in [0.717, 1.165) is 10.5 Å². The molecule has 0 spiro atoms. The summed E-state index contributed by atoms with van der Waals surface area (Å²) in [4.78, 5) is 41.8. The summed E-state index contributed by atoms with van der Waals surface area (Å²) < 4.78 is 23.1. The summed E-state index contributed by atoms with van der Waals surface area (Å²) in [5, 5.41) is 3.47. The van der Waals surface area contributed by atoms with Gasteiger partial charge in [-0.1, -0.05) is 15.9 Å². The predicted octanol–water partition coefficient (Wildman–Crippen LogP) is 5.60. The van der Waals surface area contributed by atoms with Crippen LogP contribution < -0.4 is 15.5 Å². The highest BCUT2D eigenvalue weighted by Crippen LogP contribution is 2.29. The average Bonchev–Trinajstić information content (AvgIpc) is 3.41. The molecule has 11 heteroatoms. The normalized spacial score (nSPS) is 11.1. The first-order valence-corrected chi connectivity index (χ1v) is 12.1. The SMILES string of the molecule is O=C(Nc1ccc(Oc2ncnc3[nH]ccc23)c(F)c1)c1cn(-c2ccc(Br)cc2)c2ncccc2c1=O. The lowest BCUT2D eigenvalue weighted by Crippen LogP contribution is -2.24. The molecule has 0 unspecified atom stereocenters. The number of halogens is 2. The molecule has 0 saturated carbocycles. The van der Waals surface area contributed by atoms with E-state index in [9.17, 15) is 14.0 Å². The van der Waals surface area contributed by atoms with Crippen LogP contribution in [0.25, 0.3) is 27.8 Å². The summed E-state index contributed by atoms with van der Waals surface area (Å²) in [5.41, 5.74) is 1.21. The molecule has 0 aliphatic carbocycles. The Morgan fingerprint density at radius 2 is 1.87 bits per heavy atom. The average molecular weight is 571 g/mol. The van der Waals surface area contributed by atoms with Crippen LogP contribution in [0.3, 0.4) is 0 Å². The quantitative estimate of drug-likeness (QED) is 0.278. The van der Waals surface area contributed by atoms with Crippen LogP contribution in [0, 0.1) is 5.82 Å². The zero-order chi connectivity index (χ0) is 26.2. The number of aromatic amines is 1. The first-order valence-electron chi connectivity index (χ1n) is 11.3. The number of anilines is 1. The summed E-state index contributed by atoms with van der Waals surface area (Å²) in [5.74, 6) is -1.31. The van der Waals surface area contributed by atoms with Crippen LogP contribution in [0.4, 0.5) is 10.1 Å². The van der Waals surface area contributed by atoms with Crippen LogP contribution in [0.2, 0.25) is 0 Å². The minimum absolute atomic E-state index is 0.0847. The Balaban J connectivity index is 1.32. The molecule has 4 heterocycles. The van der Waals surface area contributed by atoms with Gasteiger partial charge in [0.25, 0.3) is 5.91 Å². The van der Waals surface area contributed by atoms with E-state index in [1.54, 1.807) is 35.2 Å². The number of carbonyl (C=O) groups is 1. The molecule has 1 amide bonds. The van der Waals surface area contributed by atoms with Crippen molar-refractivity contribution in [2.45, 2.75) is 0 Å². The van der Waals surface area contributed by atoms with Crippen molar-refractivity contribution in [2.24, 2.45) is 0 Å². The van der Waals surface area contributed by atoms with Gasteiger partial charge in [-0.2, -0.15) is 0 Å². The van der Waals surface area contributed by atoms with Crippen molar-refractivity contribution in [3.05, 3.63) is 112 Å². The third-order valence-corrected chi connectivity index (χ3v) is 6.35. The van der Waals surface area contributed by atoms with E-state index < -0.39 is 17.2 Å². The number of amides is 1. The number of hydrogen-bond donors (Lipinski definition) is 2. The summed E-state index contributed by atoms with van der Waals surface area (Å²) >= 11 is 3.41. The summed E-state index contributed by atoms with van der Waals surface area (Å²) in [6.07, 6.45) is 5.99. The molecule has 0 fully saturated rings. The lowest BCUT2D eigenvalue weighted by Gasteiger charge is -2.13. The number of hydrogen-bond acceptors (Lipinski definition) is 6. The second-order valence-corrected chi connectivity index (χ2v) is 9.13. The van der Waals surface area contributed by atoms with Gasteiger partial charge in [0.05, 0.1) is 10.8 Å². The van der Waals surface area contributed by atoms with Gasteiger partial charge in [0.2, 0.25) is 11.3 Å². The van der Waals surface area contributed by atoms with Crippen molar-refractivity contribution < 1.29 is 13.9 Å². The molecule has 0 saturated heterocycles. The zero-order valence-electron chi connectivity index (χ0n) is 19.4. The van der Waals surface area contributed by atoms with Gasteiger partial charge in [0.1, 0.15) is 23.2 Å². The fraction of sp³-hybridized carbons (Fsp3) is 0. The van der Waals surface area contributed by atoms with Crippen molar-refractivity contribution in [1.29, 1.82) is 0 Å². The molecule has 0 bridgehead atoms. The highest BCUT2D eigenvalue weighted by atomic mass is 79.9. The fourth-order valence-electron chi connectivity index (χ4n) is 4.01. The summed E-state index contributed by atoms with van der Waals surface area (Å²) in [7, 11) is 0. The Bertz CT molecular complexity index is 1900. The number of fused-ring (bicyclic) bond motifs is 2.